The number of anilines is 1. The fourth-order valence-electron chi connectivity index (χ4n) is 3.39. The summed E-state index contributed by atoms with van der Waals surface area (Å²) in [4.78, 5) is 54.3. The molecule has 32 heavy (non-hydrogen) atoms. The first-order chi connectivity index (χ1) is 15.3. The molecule has 0 bridgehead atoms. The summed E-state index contributed by atoms with van der Waals surface area (Å²) in [6.45, 7) is 0. The fourth-order valence-corrected chi connectivity index (χ4v) is 5.24. The van der Waals surface area contributed by atoms with Gasteiger partial charge in [-0.2, -0.15) is 0 Å². The van der Waals surface area contributed by atoms with Crippen molar-refractivity contribution in [2.75, 3.05) is 5.73 Å². The molecule has 2 atom stereocenters. The lowest BCUT2D eigenvalue weighted by Crippen LogP contribution is -2.72. The van der Waals surface area contributed by atoms with Crippen molar-refractivity contribution in [3.63, 3.8) is 0 Å². The van der Waals surface area contributed by atoms with Crippen LogP contribution in [0.1, 0.15) is 18.5 Å². The van der Waals surface area contributed by atoms with Crippen molar-refractivity contribution in [1.29, 1.82) is 0 Å². The van der Waals surface area contributed by atoms with E-state index in [0.29, 0.717) is 22.9 Å². The molecular weight excluding hydrogens is 484 g/mol. The third kappa shape index (κ3) is 3.85. The van der Waals surface area contributed by atoms with Crippen LogP contribution in [0.4, 0.5) is 5.13 Å². The number of carbonyl (C=O) groups excluding carboxylic acids is 2. The minimum Gasteiger partial charge on any atom is -0.477 e. The summed E-state index contributed by atoms with van der Waals surface area (Å²) in [6.07, 6.45) is 3.28. The van der Waals surface area contributed by atoms with E-state index in [1.54, 1.807) is 0 Å². The van der Waals surface area contributed by atoms with Crippen LogP contribution in [0.3, 0.4) is 0 Å². The van der Waals surface area contributed by atoms with E-state index in [-0.39, 0.29) is 20.9 Å². The summed E-state index contributed by atoms with van der Waals surface area (Å²) < 4.78 is 0.0424. The van der Waals surface area contributed by atoms with Gasteiger partial charge in [-0.05, 0) is 12.8 Å². The molecule has 2 aliphatic heterocycles. The normalized spacial score (nSPS) is 20.6. The number of amides is 2. The van der Waals surface area contributed by atoms with Gasteiger partial charge in [0.1, 0.15) is 34.4 Å². The number of fused-ring (bicyclic) bond motifs is 1. The number of hydrogen-bond acceptors (Lipinski definition) is 12. The molecule has 1 fully saturated rings. The summed E-state index contributed by atoms with van der Waals surface area (Å²) >= 11 is 7.89. The van der Waals surface area contributed by atoms with Crippen molar-refractivity contribution in [3.8, 4) is 0 Å². The van der Waals surface area contributed by atoms with E-state index in [9.17, 15) is 24.7 Å². The molecule has 2 aromatic heterocycles. The van der Waals surface area contributed by atoms with Crippen LogP contribution in [0.2, 0.25) is 4.34 Å². The van der Waals surface area contributed by atoms with Crippen molar-refractivity contribution in [1.82, 2.24) is 30.2 Å². The minimum absolute atomic E-state index is 0.0424. The molecule has 0 aliphatic carbocycles. The van der Waals surface area contributed by atoms with E-state index >= 15 is 0 Å². The van der Waals surface area contributed by atoms with E-state index in [1.165, 1.54) is 12.7 Å². The molecule has 1 unspecified atom stereocenters. The topological polar surface area (TPSA) is 197 Å². The Balaban J connectivity index is 1.53. The van der Waals surface area contributed by atoms with Crippen LogP contribution < -0.4 is 11.1 Å². The molecule has 5 N–H and O–H groups in total. The number of nitrogens with one attached hydrogen (secondary N) is 1. The van der Waals surface area contributed by atoms with Gasteiger partial charge in [0.25, 0.3) is 11.8 Å². The standard InChI is InChI=1S/C16H13ClN8O5S2/c17-11-8(23-15(18)32-11)9(24-30)12(26)22-7-5-1-2-6(31-16-20-3-19-4-21-16)10(14(28)29)25(5)13(7)27/h3-5,7,30H,1-2H2,(H2,18,23)(H,22,26)(H,28,29)/b24-9-/t5?,7-/m0/s1. The maximum Gasteiger partial charge on any atom is 0.353 e. The van der Waals surface area contributed by atoms with Crippen molar-refractivity contribution in [3.05, 3.63) is 33.3 Å². The van der Waals surface area contributed by atoms with Gasteiger partial charge < -0.3 is 21.4 Å². The van der Waals surface area contributed by atoms with E-state index in [2.05, 4.69) is 30.4 Å². The Bertz CT molecular complexity index is 1170. The Morgan fingerprint density at radius 3 is 2.69 bits per heavy atom. The number of thioether (sulfide) groups is 1. The zero-order chi connectivity index (χ0) is 23.0. The average molecular weight is 497 g/mol. The summed E-state index contributed by atoms with van der Waals surface area (Å²) in [6, 6.07) is -1.59. The van der Waals surface area contributed by atoms with Gasteiger partial charge in [0, 0.05) is 4.91 Å². The second-order valence-corrected chi connectivity index (χ2v) is 9.18. The molecule has 2 aromatic rings. The highest BCUT2D eigenvalue weighted by molar-refractivity contribution is 8.03. The Kier molecular flexibility index (Phi) is 5.94. The summed E-state index contributed by atoms with van der Waals surface area (Å²) in [5, 5.41) is 24.7. The zero-order valence-corrected chi connectivity index (χ0v) is 18.2. The molecule has 0 saturated carbocycles. The van der Waals surface area contributed by atoms with E-state index in [1.807, 2.05) is 0 Å². The first-order valence-electron chi connectivity index (χ1n) is 8.86. The molecular formula is C16H13ClN8O5S2. The predicted molar refractivity (Wildman–Crippen MR) is 112 cm³/mol. The van der Waals surface area contributed by atoms with Gasteiger partial charge in [-0.15, -0.1) is 0 Å². The first-order valence-corrected chi connectivity index (χ1v) is 10.9. The smallest absolute Gasteiger partial charge is 0.353 e. The second kappa shape index (κ2) is 8.68. The number of nitrogens with two attached hydrogens (primary N) is 1. The van der Waals surface area contributed by atoms with Crippen LogP contribution >= 0.6 is 34.7 Å². The molecule has 2 aliphatic rings. The Morgan fingerprint density at radius 1 is 1.38 bits per heavy atom. The number of rotatable bonds is 6. The third-order valence-corrected chi connectivity index (χ3v) is 6.83. The number of halogens is 1. The fraction of sp³-hybridized carbons (Fsp3) is 0.250. The van der Waals surface area contributed by atoms with Gasteiger partial charge in [-0.1, -0.05) is 39.9 Å². The Morgan fingerprint density at radius 2 is 2.09 bits per heavy atom. The number of thiazole rings is 1. The molecule has 2 amide bonds. The SMILES string of the molecule is Nc1nc(/C(=N/O)C(=O)N[C@@H]2C(=O)N3C(C(=O)O)=C(Sc4ncncn4)CCC23)c(Cl)s1. The largest absolute Gasteiger partial charge is 0.477 e. The maximum atomic E-state index is 12.8. The number of oxime groups is 1. The Hall–Kier alpha value is -3.30. The third-order valence-electron chi connectivity index (χ3n) is 4.71. The van der Waals surface area contributed by atoms with Gasteiger partial charge in [0.2, 0.25) is 0 Å². The van der Waals surface area contributed by atoms with Crippen LogP contribution in [-0.2, 0) is 14.4 Å². The van der Waals surface area contributed by atoms with E-state index < -0.39 is 35.6 Å². The van der Waals surface area contributed by atoms with E-state index in [0.717, 1.165) is 28.0 Å². The van der Waals surface area contributed by atoms with Crippen LogP contribution in [0.25, 0.3) is 0 Å². The molecule has 13 nitrogen and oxygen atoms in total. The van der Waals surface area contributed by atoms with Crippen LogP contribution in [0.5, 0.6) is 0 Å². The molecule has 0 radical (unpaired) electrons. The van der Waals surface area contributed by atoms with Gasteiger partial charge >= 0.3 is 5.97 Å². The monoisotopic (exact) mass is 496 g/mol. The highest BCUT2D eigenvalue weighted by Gasteiger charge is 2.54. The van der Waals surface area contributed by atoms with Crippen molar-refractivity contribution < 1.29 is 24.7 Å². The van der Waals surface area contributed by atoms with Gasteiger partial charge in [0.05, 0.1) is 6.04 Å². The maximum absolute atomic E-state index is 12.8. The predicted octanol–water partition coefficient (Wildman–Crippen LogP) is 0.320. The second-order valence-electron chi connectivity index (χ2n) is 6.49. The van der Waals surface area contributed by atoms with Crippen molar-refractivity contribution in [2.45, 2.75) is 30.1 Å². The number of carboxylic acid groups (broad SMARTS) is 1. The summed E-state index contributed by atoms with van der Waals surface area (Å²) in [5.41, 5.74) is 4.73. The molecule has 166 valence electrons. The molecule has 1 saturated heterocycles. The lowest BCUT2D eigenvalue weighted by molar-refractivity contribution is -0.155. The number of nitrogen functional groups attached to an aromatic ring is 1. The number of nitrogens with zero attached hydrogens (tertiary/aromatic N) is 6. The highest BCUT2D eigenvalue weighted by atomic mass is 35.5. The number of hydrogen-bond donors (Lipinski definition) is 4. The number of allylic oxidation sites excluding steroid dienone is 1. The number of carbonyl (C=O) groups is 3. The molecule has 4 rings (SSSR count). The van der Waals surface area contributed by atoms with E-state index in [4.69, 9.17) is 17.3 Å². The number of β-lactam (4-membered cyclic amide) rings is 1. The molecule has 16 heteroatoms. The van der Waals surface area contributed by atoms with Crippen molar-refractivity contribution >= 4 is 63.3 Å². The zero-order valence-electron chi connectivity index (χ0n) is 15.8. The van der Waals surface area contributed by atoms with Crippen LogP contribution in [0, 0.1) is 0 Å². The molecule has 0 spiro atoms. The quantitative estimate of drug-likeness (QED) is 0.186. The summed E-state index contributed by atoms with van der Waals surface area (Å²) in [7, 11) is 0. The van der Waals surface area contributed by atoms with Gasteiger partial charge in [0.15, 0.2) is 16.0 Å². The van der Waals surface area contributed by atoms with Gasteiger partial charge in [-0.3, -0.25) is 14.5 Å². The highest BCUT2D eigenvalue weighted by Crippen LogP contribution is 2.42. The average Bonchev–Trinajstić information content (AvgIpc) is 3.10. The number of aromatic nitrogens is 4. The van der Waals surface area contributed by atoms with Crippen LogP contribution in [-0.4, -0.2) is 70.7 Å². The van der Waals surface area contributed by atoms with Gasteiger partial charge in [-0.25, -0.2) is 24.7 Å². The minimum atomic E-state index is -1.29. The lowest BCUT2D eigenvalue weighted by Gasteiger charge is -2.49. The first kappa shape index (κ1) is 21.9. The number of aliphatic carboxylic acids is 1. The molecule has 0 aromatic carbocycles. The Labute approximate surface area is 192 Å². The lowest BCUT2D eigenvalue weighted by atomic mass is 9.86. The van der Waals surface area contributed by atoms with Crippen LogP contribution in [0.15, 0.2) is 33.6 Å². The summed E-state index contributed by atoms with van der Waals surface area (Å²) in [5.74, 6) is -2.80. The molecule has 4 heterocycles. The number of carboxylic acids is 1. The van der Waals surface area contributed by atoms with Crippen molar-refractivity contribution in [2.24, 2.45) is 5.16 Å².